The van der Waals surface area contributed by atoms with Gasteiger partial charge in [0.05, 0.1) is 0 Å². The lowest BCUT2D eigenvalue weighted by atomic mass is 10.0. The van der Waals surface area contributed by atoms with E-state index in [1.165, 1.54) is 12.4 Å². The van der Waals surface area contributed by atoms with Gasteiger partial charge in [-0.15, -0.1) is 0 Å². The molecule has 0 aliphatic carbocycles. The molecule has 1 aromatic heterocycles. The van der Waals surface area contributed by atoms with Crippen molar-refractivity contribution in [1.29, 1.82) is 0 Å². The highest BCUT2D eigenvalue weighted by molar-refractivity contribution is 5.43. The monoisotopic (exact) mass is 214 g/mol. The highest BCUT2D eigenvalue weighted by atomic mass is 19.3. The number of hydrogen-bond donors (Lipinski definition) is 1. The second kappa shape index (κ2) is 4.06. The summed E-state index contributed by atoms with van der Waals surface area (Å²) in [6.07, 6.45) is -0.392. The molecule has 1 atom stereocenters. The Bertz CT molecular complexity index is 343. The summed E-state index contributed by atoms with van der Waals surface area (Å²) in [6.45, 7) is 1.34. The second-order valence-corrected chi connectivity index (χ2v) is 3.47. The Morgan fingerprint density at radius 3 is 2.87 bits per heavy atom. The van der Waals surface area contributed by atoms with Crippen LogP contribution < -0.4 is 10.6 Å². The van der Waals surface area contributed by atoms with Gasteiger partial charge in [-0.1, -0.05) is 0 Å². The molecule has 1 saturated heterocycles. The number of anilines is 1. The van der Waals surface area contributed by atoms with Crippen LogP contribution in [-0.4, -0.2) is 29.1 Å². The summed E-state index contributed by atoms with van der Waals surface area (Å²) in [5.74, 6) is 0.544. The van der Waals surface area contributed by atoms with Gasteiger partial charge in [-0.3, -0.25) is 0 Å². The van der Waals surface area contributed by atoms with Gasteiger partial charge < -0.3 is 10.6 Å². The van der Waals surface area contributed by atoms with E-state index < -0.39 is 6.43 Å². The number of alkyl halides is 2. The Kier molecular flexibility index (Phi) is 2.77. The average molecular weight is 214 g/mol. The van der Waals surface area contributed by atoms with Gasteiger partial charge in [-0.05, 0) is 6.42 Å². The molecule has 6 heteroatoms. The molecular weight excluding hydrogens is 202 g/mol. The summed E-state index contributed by atoms with van der Waals surface area (Å²) < 4.78 is 24.8. The Morgan fingerprint density at radius 1 is 1.53 bits per heavy atom. The standard InChI is InChI=1S/C9H12F2N4/c10-9(11)7-3-8(14-5-13-7)15-2-1-6(15)4-12/h3,5-6,9H,1-2,4,12H2. The van der Waals surface area contributed by atoms with Crippen molar-refractivity contribution in [1.82, 2.24) is 9.97 Å². The van der Waals surface area contributed by atoms with Gasteiger partial charge in [-0.25, -0.2) is 18.7 Å². The molecular formula is C9H12F2N4. The molecule has 15 heavy (non-hydrogen) atoms. The first-order chi connectivity index (χ1) is 7.22. The number of rotatable bonds is 3. The maximum Gasteiger partial charge on any atom is 0.280 e. The van der Waals surface area contributed by atoms with Crippen molar-refractivity contribution >= 4 is 5.82 Å². The fraction of sp³-hybridized carbons (Fsp3) is 0.556. The molecule has 1 aliphatic rings. The van der Waals surface area contributed by atoms with E-state index in [4.69, 9.17) is 5.73 Å². The van der Waals surface area contributed by atoms with Crippen molar-refractivity contribution in [2.75, 3.05) is 18.0 Å². The van der Waals surface area contributed by atoms with Crippen molar-refractivity contribution in [3.63, 3.8) is 0 Å². The molecule has 82 valence electrons. The topological polar surface area (TPSA) is 55.0 Å². The smallest absolute Gasteiger partial charge is 0.280 e. The highest BCUT2D eigenvalue weighted by Gasteiger charge is 2.28. The van der Waals surface area contributed by atoms with Gasteiger partial charge >= 0.3 is 0 Å². The summed E-state index contributed by atoms with van der Waals surface area (Å²) in [5.41, 5.74) is 5.29. The Hall–Kier alpha value is -1.30. The largest absolute Gasteiger partial charge is 0.352 e. The number of aromatic nitrogens is 2. The van der Waals surface area contributed by atoms with Gasteiger partial charge in [0, 0.05) is 25.2 Å². The maximum atomic E-state index is 12.4. The number of nitrogens with two attached hydrogens (primary N) is 1. The molecule has 1 fully saturated rings. The quantitative estimate of drug-likeness (QED) is 0.814. The van der Waals surface area contributed by atoms with Gasteiger partial charge in [0.15, 0.2) is 0 Å². The van der Waals surface area contributed by atoms with Crippen LogP contribution in [-0.2, 0) is 0 Å². The molecule has 0 aromatic carbocycles. The summed E-state index contributed by atoms with van der Waals surface area (Å²) in [4.78, 5) is 9.40. The van der Waals surface area contributed by atoms with Crippen LogP contribution in [0.15, 0.2) is 12.4 Å². The first-order valence-corrected chi connectivity index (χ1v) is 4.79. The fourth-order valence-corrected chi connectivity index (χ4v) is 1.63. The summed E-state index contributed by atoms with van der Waals surface area (Å²) in [7, 11) is 0. The van der Waals surface area contributed by atoms with E-state index >= 15 is 0 Å². The zero-order valence-electron chi connectivity index (χ0n) is 8.11. The first-order valence-electron chi connectivity index (χ1n) is 4.79. The molecule has 1 unspecified atom stereocenters. The molecule has 0 bridgehead atoms. The molecule has 4 nitrogen and oxygen atoms in total. The predicted molar refractivity (Wildman–Crippen MR) is 51.8 cm³/mol. The number of hydrogen-bond acceptors (Lipinski definition) is 4. The molecule has 0 radical (unpaired) electrons. The third kappa shape index (κ3) is 1.90. The van der Waals surface area contributed by atoms with E-state index in [2.05, 4.69) is 9.97 Å². The van der Waals surface area contributed by atoms with Crippen molar-refractivity contribution in [3.8, 4) is 0 Å². The third-order valence-corrected chi connectivity index (χ3v) is 2.61. The lowest BCUT2D eigenvalue weighted by Gasteiger charge is -2.41. The first kappa shape index (κ1) is 10.2. The van der Waals surface area contributed by atoms with E-state index in [1.807, 2.05) is 4.90 Å². The van der Waals surface area contributed by atoms with E-state index in [1.54, 1.807) is 0 Å². The van der Waals surface area contributed by atoms with Crippen LogP contribution in [0.4, 0.5) is 14.6 Å². The van der Waals surface area contributed by atoms with E-state index in [0.29, 0.717) is 12.4 Å². The minimum Gasteiger partial charge on any atom is -0.352 e. The number of halogens is 2. The molecule has 2 rings (SSSR count). The van der Waals surface area contributed by atoms with Crippen LogP contribution >= 0.6 is 0 Å². The van der Waals surface area contributed by atoms with E-state index in [-0.39, 0.29) is 11.7 Å². The van der Waals surface area contributed by atoms with Gasteiger partial charge in [-0.2, -0.15) is 0 Å². The second-order valence-electron chi connectivity index (χ2n) is 3.47. The fourth-order valence-electron chi connectivity index (χ4n) is 1.63. The molecule has 1 aliphatic heterocycles. The third-order valence-electron chi connectivity index (χ3n) is 2.61. The normalized spacial score (nSPS) is 20.5. The van der Waals surface area contributed by atoms with Crippen LogP contribution in [0.1, 0.15) is 18.5 Å². The van der Waals surface area contributed by atoms with Gasteiger partial charge in [0.25, 0.3) is 6.43 Å². The van der Waals surface area contributed by atoms with Crippen molar-refractivity contribution in [2.24, 2.45) is 5.73 Å². The Balaban J connectivity index is 2.18. The molecule has 2 N–H and O–H groups in total. The lowest BCUT2D eigenvalue weighted by molar-refractivity contribution is 0.146. The van der Waals surface area contributed by atoms with Crippen molar-refractivity contribution in [3.05, 3.63) is 18.1 Å². The highest BCUT2D eigenvalue weighted by Crippen LogP contribution is 2.26. The maximum absolute atomic E-state index is 12.4. The minimum absolute atomic E-state index is 0.227. The molecule has 0 amide bonds. The zero-order valence-corrected chi connectivity index (χ0v) is 8.11. The minimum atomic E-state index is -2.55. The van der Waals surface area contributed by atoms with Crippen molar-refractivity contribution < 1.29 is 8.78 Å². The van der Waals surface area contributed by atoms with Gasteiger partial charge in [0.2, 0.25) is 0 Å². The van der Waals surface area contributed by atoms with Crippen LogP contribution in [0.5, 0.6) is 0 Å². The van der Waals surface area contributed by atoms with Crippen LogP contribution in [0.25, 0.3) is 0 Å². The van der Waals surface area contributed by atoms with Crippen LogP contribution in [0.3, 0.4) is 0 Å². The van der Waals surface area contributed by atoms with Crippen LogP contribution in [0, 0.1) is 0 Å². The predicted octanol–water partition coefficient (Wildman–Crippen LogP) is 0.952. The van der Waals surface area contributed by atoms with E-state index in [0.717, 1.165) is 13.0 Å². The summed E-state index contributed by atoms with van der Waals surface area (Å²) in [5, 5.41) is 0. The lowest BCUT2D eigenvalue weighted by Crippen LogP contribution is -2.52. The Morgan fingerprint density at radius 2 is 2.33 bits per heavy atom. The zero-order chi connectivity index (χ0) is 10.8. The van der Waals surface area contributed by atoms with Gasteiger partial charge in [0.1, 0.15) is 17.8 Å². The molecule has 1 aromatic rings. The SMILES string of the molecule is NCC1CCN1c1cc(C(F)F)ncn1. The average Bonchev–Trinajstić information content (AvgIpc) is 2.17. The Labute approximate surface area is 86.1 Å². The number of nitrogens with zero attached hydrogens (tertiary/aromatic N) is 3. The van der Waals surface area contributed by atoms with Crippen molar-refractivity contribution in [2.45, 2.75) is 18.9 Å². The van der Waals surface area contributed by atoms with E-state index in [9.17, 15) is 8.78 Å². The molecule has 2 heterocycles. The summed E-state index contributed by atoms with van der Waals surface area (Å²) >= 11 is 0. The molecule has 0 saturated carbocycles. The van der Waals surface area contributed by atoms with Crippen LogP contribution in [0.2, 0.25) is 0 Å². The molecule has 0 spiro atoms. The summed E-state index contributed by atoms with van der Waals surface area (Å²) in [6, 6.07) is 1.55.